The van der Waals surface area contributed by atoms with Crippen molar-refractivity contribution in [3.63, 3.8) is 0 Å². The maximum Gasteiger partial charge on any atom is 0.256 e. The summed E-state index contributed by atoms with van der Waals surface area (Å²) in [4.78, 5) is 26.3. The van der Waals surface area contributed by atoms with Crippen molar-refractivity contribution >= 4 is 23.2 Å². The highest BCUT2D eigenvalue weighted by Gasteiger charge is 2.40. The summed E-state index contributed by atoms with van der Waals surface area (Å²) in [7, 11) is 1.53. The van der Waals surface area contributed by atoms with E-state index in [1.54, 1.807) is 18.2 Å². The summed E-state index contributed by atoms with van der Waals surface area (Å²) < 4.78 is 24.3. The summed E-state index contributed by atoms with van der Waals surface area (Å²) in [5.41, 5.74) is 1.82. The van der Waals surface area contributed by atoms with Crippen LogP contribution < -0.4 is 15.0 Å². The number of ether oxygens (including phenoxy) is 2. The molecule has 0 spiro atoms. The summed E-state index contributed by atoms with van der Waals surface area (Å²) in [5, 5.41) is 2.94. The summed E-state index contributed by atoms with van der Waals surface area (Å²) in [6, 6.07) is 10.8. The molecule has 1 aliphatic rings. The van der Waals surface area contributed by atoms with Gasteiger partial charge in [0.2, 0.25) is 5.91 Å². The third-order valence-corrected chi connectivity index (χ3v) is 4.32. The molecule has 7 heteroatoms. The number of hydrogen-bond acceptors (Lipinski definition) is 5. The molecule has 1 atom stereocenters. The average molecular weight is 372 g/mol. The number of methoxy groups -OCH3 is 1. The highest BCUT2D eigenvalue weighted by Crippen LogP contribution is 2.28. The van der Waals surface area contributed by atoms with E-state index in [-0.39, 0.29) is 30.6 Å². The van der Waals surface area contributed by atoms with Crippen LogP contribution in [0.3, 0.4) is 0 Å². The minimum Gasteiger partial charge on any atom is -0.488 e. The first-order valence-electron chi connectivity index (χ1n) is 8.61. The van der Waals surface area contributed by atoms with Crippen molar-refractivity contribution in [2.45, 2.75) is 19.4 Å². The monoisotopic (exact) mass is 372 g/mol. The van der Waals surface area contributed by atoms with Crippen molar-refractivity contribution in [3.05, 3.63) is 53.8 Å². The second kappa shape index (κ2) is 8.18. The zero-order chi connectivity index (χ0) is 19.4. The molecule has 0 saturated carbocycles. The first-order valence-corrected chi connectivity index (χ1v) is 8.61. The average Bonchev–Trinajstić information content (AvgIpc) is 2.91. The van der Waals surface area contributed by atoms with Gasteiger partial charge in [0.05, 0.1) is 18.7 Å². The fraction of sp³-hybridized carbons (Fsp3) is 0.300. The smallest absolute Gasteiger partial charge is 0.256 e. The predicted molar refractivity (Wildman–Crippen MR) is 99.5 cm³/mol. The Morgan fingerprint density at radius 2 is 1.96 bits per heavy atom. The topological polar surface area (TPSA) is 67.9 Å². The molecule has 1 N–H and O–H groups in total. The fourth-order valence-corrected chi connectivity index (χ4v) is 2.96. The number of anilines is 2. The molecule has 0 aromatic heterocycles. The lowest BCUT2D eigenvalue weighted by Gasteiger charge is -2.18. The molecule has 1 aliphatic heterocycles. The van der Waals surface area contributed by atoms with Gasteiger partial charge in [0.1, 0.15) is 12.6 Å². The second-order valence-corrected chi connectivity index (χ2v) is 6.24. The lowest BCUT2D eigenvalue weighted by Crippen LogP contribution is -2.35. The van der Waals surface area contributed by atoms with Gasteiger partial charge in [-0.15, -0.1) is 0 Å². The molecule has 142 valence electrons. The molecule has 1 unspecified atom stereocenters. The molecular weight excluding hydrogens is 351 g/mol. The number of nitrogens with one attached hydrogen (secondary N) is 1. The van der Waals surface area contributed by atoms with Crippen LogP contribution >= 0.6 is 0 Å². The summed E-state index contributed by atoms with van der Waals surface area (Å²) >= 11 is 0. The molecule has 0 bridgehead atoms. The largest absolute Gasteiger partial charge is 0.488 e. The Labute approximate surface area is 156 Å². The molecule has 0 aliphatic carbocycles. The van der Waals surface area contributed by atoms with Crippen LogP contribution in [-0.4, -0.2) is 38.2 Å². The molecule has 1 fully saturated rings. The van der Waals surface area contributed by atoms with Crippen LogP contribution in [0.15, 0.2) is 42.5 Å². The van der Waals surface area contributed by atoms with Crippen LogP contribution in [0.1, 0.15) is 12.0 Å². The van der Waals surface area contributed by atoms with E-state index in [4.69, 9.17) is 9.47 Å². The van der Waals surface area contributed by atoms with Gasteiger partial charge in [-0.1, -0.05) is 18.2 Å². The van der Waals surface area contributed by atoms with Gasteiger partial charge in [-0.2, -0.15) is 0 Å². The van der Waals surface area contributed by atoms with Gasteiger partial charge in [-0.25, -0.2) is 9.29 Å². The molecule has 27 heavy (non-hydrogen) atoms. The van der Waals surface area contributed by atoms with Gasteiger partial charge in [-0.05, 0) is 30.7 Å². The summed E-state index contributed by atoms with van der Waals surface area (Å²) in [6.07, 6.45) is 0.0148. The summed E-state index contributed by atoms with van der Waals surface area (Å²) in [6.45, 7) is 2.43. The number of hydrogen-bond donors (Lipinski definition) is 1. The highest BCUT2D eigenvalue weighted by atomic mass is 19.1. The molecule has 2 aromatic rings. The molecular formula is C20H21FN2O4. The number of nitrogens with zero attached hydrogens (tertiary/aromatic N) is 1. The van der Waals surface area contributed by atoms with E-state index in [1.165, 1.54) is 24.1 Å². The van der Waals surface area contributed by atoms with Crippen molar-refractivity contribution in [2.24, 2.45) is 0 Å². The molecule has 2 aromatic carbocycles. The molecule has 1 heterocycles. The Hall–Kier alpha value is -2.93. The number of halogens is 1. The Balaban J connectivity index is 1.71. The van der Waals surface area contributed by atoms with E-state index in [2.05, 4.69) is 5.32 Å². The van der Waals surface area contributed by atoms with E-state index in [0.29, 0.717) is 18.0 Å². The van der Waals surface area contributed by atoms with Crippen molar-refractivity contribution in [3.8, 4) is 5.75 Å². The molecule has 3 rings (SSSR count). The van der Waals surface area contributed by atoms with E-state index in [9.17, 15) is 14.0 Å². The molecule has 0 radical (unpaired) electrons. The van der Waals surface area contributed by atoms with Crippen LogP contribution in [0, 0.1) is 12.7 Å². The van der Waals surface area contributed by atoms with Crippen LogP contribution in [0.5, 0.6) is 5.75 Å². The zero-order valence-corrected chi connectivity index (χ0v) is 15.2. The fourth-order valence-electron chi connectivity index (χ4n) is 2.96. The number of aryl methyl sites for hydroxylation is 1. The second-order valence-electron chi connectivity index (χ2n) is 6.24. The van der Waals surface area contributed by atoms with Crippen molar-refractivity contribution in [1.82, 2.24) is 0 Å². The molecule has 6 nitrogen and oxygen atoms in total. The van der Waals surface area contributed by atoms with Crippen molar-refractivity contribution < 1.29 is 23.5 Å². The number of carbonyl (C=O) groups excluding carboxylic acids is 2. The van der Waals surface area contributed by atoms with E-state index < -0.39 is 11.9 Å². The van der Waals surface area contributed by atoms with Gasteiger partial charge in [0.25, 0.3) is 5.91 Å². The van der Waals surface area contributed by atoms with Crippen LogP contribution in [0.25, 0.3) is 0 Å². The van der Waals surface area contributed by atoms with E-state index in [1.807, 2.05) is 19.1 Å². The number of para-hydroxylation sites is 1. The first kappa shape index (κ1) is 18.8. The van der Waals surface area contributed by atoms with E-state index in [0.717, 1.165) is 5.56 Å². The van der Waals surface area contributed by atoms with Crippen molar-refractivity contribution in [1.29, 1.82) is 0 Å². The van der Waals surface area contributed by atoms with Crippen LogP contribution in [0.4, 0.5) is 15.8 Å². The van der Waals surface area contributed by atoms with Gasteiger partial charge in [-0.3, -0.25) is 9.59 Å². The predicted octanol–water partition coefficient (Wildman–Crippen LogP) is 2.90. The van der Waals surface area contributed by atoms with Crippen LogP contribution in [-0.2, 0) is 14.3 Å². The third-order valence-electron chi connectivity index (χ3n) is 4.32. The van der Waals surface area contributed by atoms with Gasteiger partial charge in [0, 0.05) is 18.9 Å². The van der Waals surface area contributed by atoms with Gasteiger partial charge >= 0.3 is 0 Å². The number of carbonyl (C=O) groups is 2. The molecule has 2 amide bonds. The summed E-state index contributed by atoms with van der Waals surface area (Å²) in [5.74, 6) is -1.08. The Bertz CT molecular complexity index is 856. The Morgan fingerprint density at radius 1 is 1.19 bits per heavy atom. The van der Waals surface area contributed by atoms with Gasteiger partial charge in [0.15, 0.2) is 11.6 Å². The number of benzene rings is 2. The standard InChI is InChI=1S/C20H21FN2O4/c1-13-5-3-4-6-17(13)23-19(24)12-16(20(23)25)22-14-7-8-18(15(21)11-14)27-10-9-26-2/h3-8,11,16,22H,9-10,12H2,1-2H3. The SMILES string of the molecule is COCCOc1ccc(NC2CC(=O)N(c3ccccc3C)C2=O)cc1F. The minimum atomic E-state index is -0.739. The van der Waals surface area contributed by atoms with E-state index >= 15 is 0 Å². The lowest BCUT2D eigenvalue weighted by molar-refractivity contribution is -0.121. The number of rotatable bonds is 7. The zero-order valence-electron chi connectivity index (χ0n) is 15.2. The van der Waals surface area contributed by atoms with Gasteiger partial charge < -0.3 is 14.8 Å². The van der Waals surface area contributed by atoms with Crippen molar-refractivity contribution in [2.75, 3.05) is 30.5 Å². The molecule has 1 saturated heterocycles. The maximum atomic E-state index is 14.2. The number of amides is 2. The highest BCUT2D eigenvalue weighted by molar-refractivity contribution is 6.23. The lowest BCUT2D eigenvalue weighted by atomic mass is 10.2. The van der Waals surface area contributed by atoms with Crippen LogP contribution in [0.2, 0.25) is 0 Å². The third kappa shape index (κ3) is 4.09. The Kier molecular flexibility index (Phi) is 5.71. The Morgan fingerprint density at radius 3 is 2.67 bits per heavy atom. The minimum absolute atomic E-state index is 0.0148. The first-order chi connectivity index (χ1) is 13.0. The quantitative estimate of drug-likeness (QED) is 0.598. The number of imide groups is 1. The maximum absolute atomic E-state index is 14.2. The normalized spacial score (nSPS) is 16.7.